The van der Waals surface area contributed by atoms with Gasteiger partial charge in [-0.3, -0.25) is 0 Å². The van der Waals surface area contributed by atoms with E-state index in [1.165, 1.54) is 4.31 Å². The lowest BCUT2D eigenvalue weighted by molar-refractivity contribution is 0.189. The Balaban J connectivity index is 2.91. The summed E-state index contributed by atoms with van der Waals surface area (Å²) < 4.78 is 30.9. The molecule has 0 aliphatic carbocycles. The Kier molecular flexibility index (Phi) is 6.08. The van der Waals surface area contributed by atoms with Crippen molar-refractivity contribution < 1.29 is 13.2 Å². The molecule has 1 aromatic carbocycles. The van der Waals surface area contributed by atoms with Crippen molar-refractivity contribution in [1.82, 2.24) is 4.31 Å². The monoisotopic (exact) mass is 291 g/mol. The average Bonchev–Trinajstić information content (AvgIpc) is 2.38. The van der Waals surface area contributed by atoms with E-state index in [9.17, 15) is 8.42 Å². The van der Waals surface area contributed by atoms with Crippen LogP contribution in [0.1, 0.15) is 12.0 Å². The third-order valence-electron chi connectivity index (χ3n) is 2.63. The van der Waals surface area contributed by atoms with Crippen molar-refractivity contribution in [3.63, 3.8) is 0 Å². The maximum atomic E-state index is 12.3. The lowest BCUT2D eigenvalue weighted by atomic mass is 10.2. The van der Waals surface area contributed by atoms with Crippen LogP contribution in [0, 0.1) is 0 Å². The molecule has 0 radical (unpaired) electrons. The third kappa shape index (κ3) is 3.68. The minimum Gasteiger partial charge on any atom is -0.385 e. The molecule has 6 heteroatoms. The molecule has 18 heavy (non-hydrogen) atoms. The number of hydrogen-bond acceptors (Lipinski definition) is 3. The van der Waals surface area contributed by atoms with E-state index in [0.29, 0.717) is 25.1 Å². The quantitative estimate of drug-likeness (QED) is 0.571. The molecule has 0 N–H and O–H groups in total. The van der Waals surface area contributed by atoms with E-state index >= 15 is 0 Å². The van der Waals surface area contributed by atoms with Crippen LogP contribution in [-0.2, 0) is 20.6 Å². The van der Waals surface area contributed by atoms with Crippen molar-refractivity contribution in [2.75, 3.05) is 27.3 Å². The first-order valence-corrected chi connectivity index (χ1v) is 7.60. The molecule has 1 aromatic rings. The molecule has 0 spiro atoms. The molecule has 4 nitrogen and oxygen atoms in total. The van der Waals surface area contributed by atoms with E-state index in [4.69, 9.17) is 16.3 Å². The zero-order valence-electron chi connectivity index (χ0n) is 10.6. The summed E-state index contributed by atoms with van der Waals surface area (Å²) in [6.07, 6.45) is 0.662. The van der Waals surface area contributed by atoms with Gasteiger partial charge in [0.05, 0.1) is 4.90 Å². The molecule has 0 unspecified atom stereocenters. The molecule has 0 heterocycles. The number of benzene rings is 1. The van der Waals surface area contributed by atoms with Crippen LogP contribution in [0.4, 0.5) is 0 Å². The summed E-state index contributed by atoms with van der Waals surface area (Å²) in [6, 6.07) is 6.79. The number of alkyl halides is 1. The van der Waals surface area contributed by atoms with Crippen molar-refractivity contribution in [1.29, 1.82) is 0 Å². The Morgan fingerprint density at radius 2 is 2.00 bits per heavy atom. The summed E-state index contributed by atoms with van der Waals surface area (Å²) in [5, 5.41) is 0. The van der Waals surface area contributed by atoms with Crippen molar-refractivity contribution in [2.24, 2.45) is 0 Å². The van der Waals surface area contributed by atoms with Crippen LogP contribution in [-0.4, -0.2) is 40.0 Å². The molecule has 0 aliphatic rings. The Morgan fingerprint density at radius 3 is 2.61 bits per heavy atom. The third-order valence-corrected chi connectivity index (χ3v) is 4.87. The molecule has 102 valence electrons. The van der Waals surface area contributed by atoms with Gasteiger partial charge in [0.2, 0.25) is 10.0 Å². The first-order chi connectivity index (χ1) is 8.54. The van der Waals surface area contributed by atoms with E-state index in [2.05, 4.69) is 0 Å². The standard InChI is InChI=1S/C12H18ClNO3S/c1-14(8-5-9-17-2)18(15,16)12-7-4-3-6-11(12)10-13/h3-4,6-7H,5,8-10H2,1-2H3. The lowest BCUT2D eigenvalue weighted by Crippen LogP contribution is -2.29. The minimum absolute atomic E-state index is 0.182. The van der Waals surface area contributed by atoms with E-state index in [0.717, 1.165) is 0 Å². The second kappa shape index (κ2) is 7.09. The van der Waals surface area contributed by atoms with E-state index in [1.807, 2.05) is 0 Å². The highest BCUT2D eigenvalue weighted by molar-refractivity contribution is 7.89. The van der Waals surface area contributed by atoms with Gasteiger partial charge in [0.1, 0.15) is 0 Å². The number of hydrogen-bond donors (Lipinski definition) is 0. The number of methoxy groups -OCH3 is 1. The highest BCUT2D eigenvalue weighted by Crippen LogP contribution is 2.20. The number of ether oxygens (including phenoxy) is 1. The Labute approximate surface area is 114 Å². The predicted octanol–water partition coefficient (Wildman–Crippen LogP) is 2.08. The molecule has 0 saturated carbocycles. The molecule has 0 bridgehead atoms. The van der Waals surface area contributed by atoms with Gasteiger partial charge in [0, 0.05) is 33.2 Å². The van der Waals surface area contributed by atoms with Gasteiger partial charge >= 0.3 is 0 Å². The van der Waals surface area contributed by atoms with E-state index < -0.39 is 10.0 Å². The zero-order chi connectivity index (χ0) is 13.6. The number of halogens is 1. The van der Waals surface area contributed by atoms with Crippen LogP contribution in [0.5, 0.6) is 0 Å². The Morgan fingerprint density at radius 1 is 1.33 bits per heavy atom. The Hall–Kier alpha value is -0.620. The van der Waals surface area contributed by atoms with Crippen molar-refractivity contribution in [3.05, 3.63) is 29.8 Å². The topological polar surface area (TPSA) is 46.6 Å². The molecule has 0 aromatic heterocycles. The van der Waals surface area contributed by atoms with Crippen LogP contribution in [0.3, 0.4) is 0 Å². The fourth-order valence-corrected chi connectivity index (χ4v) is 3.33. The van der Waals surface area contributed by atoms with Gasteiger partial charge in [0.15, 0.2) is 0 Å². The van der Waals surface area contributed by atoms with Crippen molar-refractivity contribution >= 4 is 21.6 Å². The van der Waals surface area contributed by atoms with Crippen molar-refractivity contribution in [2.45, 2.75) is 17.2 Å². The van der Waals surface area contributed by atoms with E-state index in [1.54, 1.807) is 38.4 Å². The predicted molar refractivity (Wildman–Crippen MR) is 72.3 cm³/mol. The van der Waals surface area contributed by atoms with Crippen LogP contribution in [0.2, 0.25) is 0 Å². The van der Waals surface area contributed by atoms with Gasteiger partial charge in [-0.15, -0.1) is 11.6 Å². The molecule has 1 rings (SSSR count). The van der Waals surface area contributed by atoms with Crippen molar-refractivity contribution in [3.8, 4) is 0 Å². The molecular formula is C12H18ClNO3S. The molecule has 0 saturated heterocycles. The van der Waals surface area contributed by atoms with Gasteiger partial charge in [-0.2, -0.15) is 0 Å². The van der Waals surface area contributed by atoms with Gasteiger partial charge in [0.25, 0.3) is 0 Å². The van der Waals surface area contributed by atoms with Crippen LogP contribution in [0.15, 0.2) is 29.2 Å². The summed E-state index contributed by atoms with van der Waals surface area (Å²) in [5.74, 6) is 0.182. The number of rotatable bonds is 7. The maximum absolute atomic E-state index is 12.3. The first-order valence-electron chi connectivity index (χ1n) is 5.63. The molecule has 0 aliphatic heterocycles. The molecule has 0 amide bonds. The van der Waals surface area contributed by atoms with Gasteiger partial charge < -0.3 is 4.74 Å². The second-order valence-corrected chi connectivity index (χ2v) is 6.19. The summed E-state index contributed by atoms with van der Waals surface area (Å²) >= 11 is 5.77. The van der Waals surface area contributed by atoms with Crippen LogP contribution < -0.4 is 0 Å². The fraction of sp³-hybridized carbons (Fsp3) is 0.500. The lowest BCUT2D eigenvalue weighted by Gasteiger charge is -2.18. The maximum Gasteiger partial charge on any atom is 0.243 e. The normalized spacial score (nSPS) is 12.0. The van der Waals surface area contributed by atoms with Crippen LogP contribution >= 0.6 is 11.6 Å². The SMILES string of the molecule is COCCCN(C)S(=O)(=O)c1ccccc1CCl. The summed E-state index contributed by atoms with van der Waals surface area (Å²) in [6.45, 7) is 0.962. The molecule has 0 atom stereocenters. The Bertz CT molecular complexity index is 476. The largest absolute Gasteiger partial charge is 0.385 e. The minimum atomic E-state index is -3.47. The van der Waals surface area contributed by atoms with Gasteiger partial charge in [-0.1, -0.05) is 18.2 Å². The zero-order valence-corrected chi connectivity index (χ0v) is 12.2. The van der Waals surface area contributed by atoms with Gasteiger partial charge in [-0.05, 0) is 18.1 Å². The fourth-order valence-electron chi connectivity index (χ4n) is 1.59. The van der Waals surface area contributed by atoms with E-state index in [-0.39, 0.29) is 10.8 Å². The average molecular weight is 292 g/mol. The number of nitrogens with zero attached hydrogens (tertiary/aromatic N) is 1. The van der Waals surface area contributed by atoms with Gasteiger partial charge in [-0.25, -0.2) is 12.7 Å². The van der Waals surface area contributed by atoms with Crippen LogP contribution in [0.25, 0.3) is 0 Å². The second-order valence-electron chi connectivity index (χ2n) is 3.91. The smallest absolute Gasteiger partial charge is 0.243 e. The highest BCUT2D eigenvalue weighted by Gasteiger charge is 2.22. The summed E-state index contributed by atoms with van der Waals surface area (Å²) in [7, 11) is -0.309. The molecular weight excluding hydrogens is 274 g/mol. The summed E-state index contributed by atoms with van der Waals surface area (Å²) in [5.41, 5.74) is 0.623. The first kappa shape index (κ1) is 15.4. The number of sulfonamides is 1. The highest BCUT2D eigenvalue weighted by atomic mass is 35.5. The molecule has 0 fully saturated rings. The summed E-state index contributed by atoms with van der Waals surface area (Å²) in [4.78, 5) is 0.278.